The van der Waals surface area contributed by atoms with Crippen molar-refractivity contribution in [2.45, 2.75) is 26.2 Å². The third kappa shape index (κ3) is 3.23. The summed E-state index contributed by atoms with van der Waals surface area (Å²) in [5, 5.41) is 17.2. The van der Waals surface area contributed by atoms with Crippen LogP contribution < -0.4 is 5.32 Å². The van der Waals surface area contributed by atoms with E-state index in [-0.39, 0.29) is 5.91 Å². The van der Waals surface area contributed by atoms with Crippen LogP contribution in [-0.2, 0) is 12.8 Å². The standard InChI is InChI=1S/C22H19N5OS/c1-14-8-5-6-12-17(14)27-18-13-7-11-16(18)19(26-27)20(28)23-22-25-24-21(29-22)15-9-3-2-4-10-15/h2-6,8-10,12H,7,11,13H2,1H3,(H,23,25,28). The zero-order valence-electron chi connectivity index (χ0n) is 15.9. The summed E-state index contributed by atoms with van der Waals surface area (Å²) in [5.74, 6) is -0.230. The maximum absolute atomic E-state index is 13.0. The van der Waals surface area contributed by atoms with E-state index in [9.17, 15) is 4.79 Å². The fourth-order valence-corrected chi connectivity index (χ4v) is 4.49. The van der Waals surface area contributed by atoms with Crippen LogP contribution in [0.15, 0.2) is 54.6 Å². The number of hydrogen-bond donors (Lipinski definition) is 1. The van der Waals surface area contributed by atoms with Crippen LogP contribution in [-0.4, -0.2) is 25.9 Å². The van der Waals surface area contributed by atoms with Gasteiger partial charge in [-0.05, 0) is 37.8 Å². The number of hydrogen-bond acceptors (Lipinski definition) is 5. The van der Waals surface area contributed by atoms with Crippen molar-refractivity contribution in [2.24, 2.45) is 0 Å². The first-order valence-electron chi connectivity index (χ1n) is 9.58. The van der Waals surface area contributed by atoms with Gasteiger partial charge in [0.15, 0.2) is 5.69 Å². The van der Waals surface area contributed by atoms with Gasteiger partial charge in [0.25, 0.3) is 5.91 Å². The molecule has 0 fully saturated rings. The maximum Gasteiger partial charge on any atom is 0.278 e. The molecule has 2 heterocycles. The van der Waals surface area contributed by atoms with Crippen molar-refractivity contribution >= 4 is 22.4 Å². The summed E-state index contributed by atoms with van der Waals surface area (Å²) in [7, 11) is 0. The van der Waals surface area contributed by atoms with Gasteiger partial charge in [-0.1, -0.05) is 59.9 Å². The predicted molar refractivity (Wildman–Crippen MR) is 114 cm³/mol. The van der Waals surface area contributed by atoms with Crippen LogP contribution in [0.2, 0.25) is 0 Å². The van der Waals surface area contributed by atoms with Crippen molar-refractivity contribution in [1.29, 1.82) is 0 Å². The number of nitrogens with one attached hydrogen (secondary N) is 1. The predicted octanol–water partition coefficient (Wildman–Crippen LogP) is 4.44. The molecule has 6 nitrogen and oxygen atoms in total. The molecule has 0 saturated heterocycles. The van der Waals surface area contributed by atoms with Crippen molar-refractivity contribution in [3.05, 3.63) is 77.1 Å². The first kappa shape index (κ1) is 17.8. The molecule has 1 aliphatic rings. The molecule has 2 aromatic heterocycles. The van der Waals surface area contributed by atoms with Crippen molar-refractivity contribution in [3.63, 3.8) is 0 Å². The molecule has 5 rings (SSSR count). The summed E-state index contributed by atoms with van der Waals surface area (Å²) in [5.41, 5.74) is 5.79. The number of anilines is 1. The van der Waals surface area contributed by atoms with Gasteiger partial charge in [0.1, 0.15) is 5.01 Å². The van der Waals surface area contributed by atoms with Gasteiger partial charge in [-0.15, -0.1) is 10.2 Å². The first-order valence-corrected chi connectivity index (χ1v) is 10.4. The van der Waals surface area contributed by atoms with E-state index in [1.807, 2.05) is 53.2 Å². The third-order valence-electron chi connectivity index (χ3n) is 5.16. The number of benzene rings is 2. The number of aromatic nitrogens is 4. The Labute approximate surface area is 172 Å². The Bertz CT molecular complexity index is 1200. The normalized spacial score (nSPS) is 12.7. The van der Waals surface area contributed by atoms with Crippen molar-refractivity contribution < 1.29 is 4.79 Å². The second-order valence-electron chi connectivity index (χ2n) is 7.06. The average Bonchev–Trinajstić information content (AvgIpc) is 3.46. The highest BCUT2D eigenvalue weighted by atomic mass is 32.1. The molecule has 0 saturated carbocycles. The molecule has 1 N–H and O–H groups in total. The topological polar surface area (TPSA) is 72.7 Å². The summed E-state index contributed by atoms with van der Waals surface area (Å²) in [6.07, 6.45) is 2.84. The van der Waals surface area contributed by atoms with E-state index < -0.39 is 0 Å². The monoisotopic (exact) mass is 401 g/mol. The zero-order chi connectivity index (χ0) is 19.8. The van der Waals surface area contributed by atoms with E-state index in [2.05, 4.69) is 33.6 Å². The van der Waals surface area contributed by atoms with Gasteiger partial charge in [-0.2, -0.15) is 5.10 Å². The van der Waals surface area contributed by atoms with Crippen LogP contribution in [0.25, 0.3) is 16.3 Å². The molecule has 0 atom stereocenters. The molecule has 4 aromatic rings. The molecule has 29 heavy (non-hydrogen) atoms. The lowest BCUT2D eigenvalue weighted by molar-refractivity contribution is 0.102. The minimum atomic E-state index is -0.230. The van der Waals surface area contributed by atoms with Crippen molar-refractivity contribution in [2.75, 3.05) is 5.32 Å². The summed E-state index contributed by atoms with van der Waals surface area (Å²) < 4.78 is 1.93. The summed E-state index contributed by atoms with van der Waals surface area (Å²) in [6, 6.07) is 17.9. The third-order valence-corrected chi connectivity index (χ3v) is 6.04. The van der Waals surface area contributed by atoms with Gasteiger partial charge in [0.2, 0.25) is 5.13 Å². The molecule has 0 spiro atoms. The lowest BCUT2D eigenvalue weighted by Crippen LogP contribution is -2.15. The van der Waals surface area contributed by atoms with E-state index in [4.69, 9.17) is 0 Å². The van der Waals surface area contributed by atoms with Gasteiger partial charge >= 0.3 is 0 Å². The van der Waals surface area contributed by atoms with Gasteiger partial charge < -0.3 is 0 Å². The van der Waals surface area contributed by atoms with Gasteiger partial charge in [-0.25, -0.2) is 4.68 Å². The summed E-state index contributed by atoms with van der Waals surface area (Å²) in [6.45, 7) is 2.06. The smallest absolute Gasteiger partial charge is 0.278 e. The molecule has 2 aromatic carbocycles. The highest BCUT2D eigenvalue weighted by Gasteiger charge is 2.28. The van der Waals surface area contributed by atoms with E-state index in [0.29, 0.717) is 10.8 Å². The lowest BCUT2D eigenvalue weighted by atomic mass is 10.2. The number of nitrogens with zero attached hydrogens (tertiary/aromatic N) is 4. The SMILES string of the molecule is Cc1ccccc1-n1nc(C(=O)Nc2nnc(-c3ccccc3)s2)c2c1CCC2. The minimum absolute atomic E-state index is 0.230. The van der Waals surface area contributed by atoms with Crippen molar-refractivity contribution in [1.82, 2.24) is 20.0 Å². The highest BCUT2D eigenvalue weighted by Crippen LogP contribution is 2.30. The quantitative estimate of drug-likeness (QED) is 0.549. The molecule has 0 unspecified atom stereocenters. The van der Waals surface area contributed by atoms with Crippen LogP contribution in [0.5, 0.6) is 0 Å². The fraction of sp³-hybridized carbons (Fsp3) is 0.182. The molecule has 1 aliphatic carbocycles. The second-order valence-corrected chi connectivity index (χ2v) is 8.04. The summed E-state index contributed by atoms with van der Waals surface area (Å²) in [4.78, 5) is 13.0. The number of aryl methyl sites for hydroxylation is 1. The Morgan fingerprint density at radius 1 is 1.03 bits per heavy atom. The minimum Gasteiger partial charge on any atom is -0.295 e. The molecular formula is C22H19N5OS. The molecule has 7 heteroatoms. The number of amides is 1. The van der Waals surface area contributed by atoms with E-state index in [1.54, 1.807) is 0 Å². The number of carbonyl (C=O) groups excluding carboxylic acids is 1. The van der Waals surface area contributed by atoms with Crippen LogP contribution in [0.3, 0.4) is 0 Å². The van der Waals surface area contributed by atoms with E-state index in [0.717, 1.165) is 52.3 Å². The van der Waals surface area contributed by atoms with Gasteiger partial charge in [-0.3, -0.25) is 10.1 Å². The molecule has 0 bridgehead atoms. The van der Waals surface area contributed by atoms with E-state index >= 15 is 0 Å². The van der Waals surface area contributed by atoms with Gasteiger partial charge in [0.05, 0.1) is 5.69 Å². The van der Waals surface area contributed by atoms with E-state index in [1.165, 1.54) is 11.3 Å². The molecular weight excluding hydrogens is 382 g/mol. The molecule has 1 amide bonds. The Balaban J connectivity index is 1.45. The maximum atomic E-state index is 13.0. The Hall–Kier alpha value is -3.32. The first-order chi connectivity index (χ1) is 14.2. The Morgan fingerprint density at radius 3 is 2.66 bits per heavy atom. The van der Waals surface area contributed by atoms with Crippen LogP contribution >= 0.6 is 11.3 Å². The second kappa shape index (κ2) is 7.25. The summed E-state index contributed by atoms with van der Waals surface area (Å²) >= 11 is 1.36. The Morgan fingerprint density at radius 2 is 1.83 bits per heavy atom. The largest absolute Gasteiger partial charge is 0.295 e. The number of fused-ring (bicyclic) bond motifs is 1. The zero-order valence-corrected chi connectivity index (χ0v) is 16.7. The Kier molecular flexibility index (Phi) is 4.44. The van der Waals surface area contributed by atoms with Crippen LogP contribution in [0, 0.1) is 6.92 Å². The number of carbonyl (C=O) groups is 1. The lowest BCUT2D eigenvalue weighted by Gasteiger charge is -2.08. The average molecular weight is 401 g/mol. The molecule has 0 radical (unpaired) electrons. The van der Waals surface area contributed by atoms with Crippen molar-refractivity contribution in [3.8, 4) is 16.3 Å². The van der Waals surface area contributed by atoms with Crippen LogP contribution in [0.4, 0.5) is 5.13 Å². The molecule has 144 valence electrons. The highest BCUT2D eigenvalue weighted by molar-refractivity contribution is 7.18. The number of rotatable bonds is 4. The van der Waals surface area contributed by atoms with Gasteiger partial charge in [0, 0.05) is 16.8 Å². The fourth-order valence-electron chi connectivity index (χ4n) is 3.75. The van der Waals surface area contributed by atoms with Crippen LogP contribution in [0.1, 0.15) is 33.7 Å². The molecule has 0 aliphatic heterocycles. The number of para-hydroxylation sites is 1.